The highest BCUT2D eigenvalue weighted by atomic mass is 16.2. The van der Waals surface area contributed by atoms with Crippen LogP contribution in [0, 0.1) is 0 Å². The van der Waals surface area contributed by atoms with E-state index in [-0.39, 0.29) is 11.3 Å². The number of carbonyl (C=O) groups excluding carboxylic acids is 2. The minimum atomic E-state index is -0.778. The number of aromatic nitrogens is 2. The molecule has 0 aliphatic rings. The summed E-state index contributed by atoms with van der Waals surface area (Å²) in [5, 5.41) is 5.75. The maximum atomic E-state index is 10.5. The number of rotatable bonds is 2. The maximum absolute atomic E-state index is 10.5. The molecule has 6 nitrogen and oxygen atoms in total. The minimum Gasteiger partial charge on any atom is -0.365 e. The van der Waals surface area contributed by atoms with Gasteiger partial charge in [-0.25, -0.2) is 0 Å². The molecule has 11 heavy (non-hydrogen) atoms. The number of amides is 2. The van der Waals surface area contributed by atoms with Gasteiger partial charge in [0, 0.05) is 6.20 Å². The van der Waals surface area contributed by atoms with Crippen molar-refractivity contribution < 1.29 is 9.59 Å². The van der Waals surface area contributed by atoms with Crippen LogP contribution in [0.1, 0.15) is 20.8 Å². The van der Waals surface area contributed by atoms with Gasteiger partial charge in [0.25, 0.3) is 11.8 Å². The van der Waals surface area contributed by atoms with Gasteiger partial charge >= 0.3 is 0 Å². The Morgan fingerprint density at radius 1 is 1.36 bits per heavy atom. The molecule has 0 saturated carbocycles. The number of hydrogen-bond acceptors (Lipinski definition) is 3. The predicted octanol–water partition coefficient (Wildman–Crippen LogP) is -1.39. The van der Waals surface area contributed by atoms with Crippen molar-refractivity contribution in [1.82, 2.24) is 10.2 Å². The van der Waals surface area contributed by atoms with Crippen LogP contribution in [-0.4, -0.2) is 22.0 Å². The summed E-state index contributed by atoms with van der Waals surface area (Å²) in [5.74, 6) is -1.51. The predicted molar refractivity (Wildman–Crippen MR) is 35.6 cm³/mol. The van der Waals surface area contributed by atoms with Crippen molar-refractivity contribution in [1.29, 1.82) is 0 Å². The Kier molecular flexibility index (Phi) is 1.59. The second-order valence-corrected chi connectivity index (χ2v) is 1.88. The summed E-state index contributed by atoms with van der Waals surface area (Å²) in [7, 11) is 0. The van der Waals surface area contributed by atoms with E-state index in [9.17, 15) is 9.59 Å². The van der Waals surface area contributed by atoms with Crippen molar-refractivity contribution >= 4 is 11.8 Å². The van der Waals surface area contributed by atoms with E-state index >= 15 is 0 Å². The van der Waals surface area contributed by atoms with Gasteiger partial charge in [-0.05, 0) is 0 Å². The van der Waals surface area contributed by atoms with Crippen LogP contribution < -0.4 is 11.5 Å². The molecule has 1 aromatic rings. The van der Waals surface area contributed by atoms with E-state index in [1.165, 1.54) is 6.20 Å². The molecule has 0 aromatic carbocycles. The molecule has 58 valence electrons. The smallest absolute Gasteiger partial charge is 0.270 e. The van der Waals surface area contributed by atoms with Gasteiger partial charge in [-0.2, -0.15) is 5.10 Å². The van der Waals surface area contributed by atoms with Crippen LogP contribution in [0.4, 0.5) is 0 Å². The summed E-state index contributed by atoms with van der Waals surface area (Å²) in [6, 6.07) is 0. The van der Waals surface area contributed by atoms with Gasteiger partial charge in [-0.15, -0.1) is 0 Å². The zero-order chi connectivity index (χ0) is 8.43. The molecule has 0 aliphatic heterocycles. The summed E-state index contributed by atoms with van der Waals surface area (Å²) in [5.41, 5.74) is 9.64. The quantitative estimate of drug-likeness (QED) is 0.486. The Balaban J connectivity index is 3.16. The summed E-state index contributed by atoms with van der Waals surface area (Å²) in [6.07, 6.45) is 1.22. The van der Waals surface area contributed by atoms with Crippen LogP contribution in [0.25, 0.3) is 0 Å². The molecule has 1 heterocycles. The Bertz CT molecular complexity index is 275. The first kappa shape index (κ1) is 7.26. The van der Waals surface area contributed by atoms with Gasteiger partial charge in [0.05, 0.1) is 5.56 Å². The van der Waals surface area contributed by atoms with E-state index in [4.69, 9.17) is 11.5 Å². The van der Waals surface area contributed by atoms with E-state index in [1.54, 1.807) is 0 Å². The topological polar surface area (TPSA) is 115 Å². The average molecular weight is 154 g/mol. The molecule has 0 spiro atoms. The number of aromatic amines is 1. The van der Waals surface area contributed by atoms with Crippen LogP contribution >= 0.6 is 0 Å². The highest BCUT2D eigenvalue weighted by Gasteiger charge is 2.14. The number of carbonyl (C=O) groups is 2. The van der Waals surface area contributed by atoms with Crippen molar-refractivity contribution in [2.24, 2.45) is 11.5 Å². The standard InChI is InChI=1S/C5H6N4O2/c6-4(10)2-1-8-9-3(2)5(7)11/h1H,(H2,6,10)(H2,7,11)(H,8,9). The van der Waals surface area contributed by atoms with Gasteiger partial charge in [0.2, 0.25) is 0 Å². The molecule has 0 saturated heterocycles. The van der Waals surface area contributed by atoms with Crippen molar-refractivity contribution in [3.8, 4) is 0 Å². The van der Waals surface area contributed by atoms with E-state index in [1.807, 2.05) is 0 Å². The number of primary amides is 2. The van der Waals surface area contributed by atoms with Gasteiger partial charge in [-0.3, -0.25) is 14.7 Å². The highest BCUT2D eigenvalue weighted by molar-refractivity contribution is 6.04. The Labute approximate surface area is 61.6 Å². The van der Waals surface area contributed by atoms with Gasteiger partial charge in [0.1, 0.15) is 0 Å². The fraction of sp³-hybridized carbons (Fsp3) is 0. The number of hydrogen-bond donors (Lipinski definition) is 3. The van der Waals surface area contributed by atoms with Crippen LogP contribution in [0.3, 0.4) is 0 Å². The summed E-state index contributed by atoms with van der Waals surface area (Å²) in [4.78, 5) is 21.1. The average Bonchev–Trinajstić information content (AvgIpc) is 2.32. The Morgan fingerprint density at radius 3 is 2.36 bits per heavy atom. The normalized spacial score (nSPS) is 9.45. The zero-order valence-corrected chi connectivity index (χ0v) is 5.50. The van der Waals surface area contributed by atoms with Crippen LogP contribution in [0.2, 0.25) is 0 Å². The first-order valence-electron chi connectivity index (χ1n) is 2.76. The summed E-state index contributed by atoms with van der Waals surface area (Å²) < 4.78 is 0. The van der Waals surface area contributed by atoms with Crippen molar-refractivity contribution in [3.05, 3.63) is 17.5 Å². The van der Waals surface area contributed by atoms with Crippen LogP contribution in [0.15, 0.2) is 6.20 Å². The van der Waals surface area contributed by atoms with Gasteiger partial charge < -0.3 is 11.5 Å². The zero-order valence-electron chi connectivity index (χ0n) is 5.50. The largest absolute Gasteiger partial charge is 0.365 e. The number of H-pyrrole nitrogens is 1. The highest BCUT2D eigenvalue weighted by Crippen LogP contribution is 2.00. The molecule has 0 atom stereocenters. The lowest BCUT2D eigenvalue weighted by atomic mass is 10.2. The summed E-state index contributed by atoms with van der Waals surface area (Å²) in [6.45, 7) is 0. The SMILES string of the molecule is NC(=O)c1c[nH]nc1C(N)=O. The van der Waals surface area contributed by atoms with Crippen LogP contribution in [0.5, 0.6) is 0 Å². The van der Waals surface area contributed by atoms with Crippen molar-refractivity contribution in [3.63, 3.8) is 0 Å². The lowest BCUT2D eigenvalue weighted by Gasteiger charge is -1.89. The second kappa shape index (κ2) is 2.41. The number of nitrogens with one attached hydrogen (secondary N) is 1. The molecule has 2 amide bonds. The third-order valence-corrected chi connectivity index (χ3v) is 1.14. The minimum absolute atomic E-state index is 0.0116. The fourth-order valence-corrected chi connectivity index (χ4v) is 0.666. The van der Waals surface area contributed by atoms with E-state index in [2.05, 4.69) is 10.2 Å². The lowest BCUT2D eigenvalue weighted by Crippen LogP contribution is -2.19. The molecular formula is C5H6N4O2. The molecule has 1 aromatic heterocycles. The Morgan fingerprint density at radius 2 is 2.00 bits per heavy atom. The summed E-state index contributed by atoms with van der Waals surface area (Å²) >= 11 is 0. The van der Waals surface area contributed by atoms with Crippen LogP contribution in [-0.2, 0) is 0 Å². The lowest BCUT2D eigenvalue weighted by molar-refractivity contribution is 0.0965. The number of nitrogens with two attached hydrogens (primary N) is 2. The molecule has 0 radical (unpaired) electrons. The maximum Gasteiger partial charge on any atom is 0.270 e. The molecule has 0 bridgehead atoms. The van der Waals surface area contributed by atoms with E-state index in [0.717, 1.165) is 0 Å². The molecule has 1 rings (SSSR count). The third-order valence-electron chi connectivity index (χ3n) is 1.14. The third kappa shape index (κ3) is 1.18. The molecule has 0 fully saturated rings. The molecule has 6 heteroatoms. The first-order chi connectivity index (χ1) is 5.13. The molecule has 0 unspecified atom stereocenters. The second-order valence-electron chi connectivity index (χ2n) is 1.88. The van der Waals surface area contributed by atoms with Crippen molar-refractivity contribution in [2.45, 2.75) is 0 Å². The molecule has 0 aliphatic carbocycles. The number of nitrogens with zero attached hydrogens (tertiary/aromatic N) is 1. The fourth-order valence-electron chi connectivity index (χ4n) is 0.666. The molecule has 5 N–H and O–H groups in total. The van der Waals surface area contributed by atoms with E-state index in [0.29, 0.717) is 0 Å². The molecular weight excluding hydrogens is 148 g/mol. The first-order valence-corrected chi connectivity index (χ1v) is 2.76. The van der Waals surface area contributed by atoms with Gasteiger partial charge in [-0.1, -0.05) is 0 Å². The Hall–Kier alpha value is -1.85. The van der Waals surface area contributed by atoms with E-state index < -0.39 is 11.8 Å². The van der Waals surface area contributed by atoms with Gasteiger partial charge in [0.15, 0.2) is 5.69 Å². The monoisotopic (exact) mass is 154 g/mol. The van der Waals surface area contributed by atoms with Crippen molar-refractivity contribution in [2.75, 3.05) is 0 Å².